The van der Waals surface area contributed by atoms with Crippen LogP contribution in [0.3, 0.4) is 0 Å². The number of aromatic nitrogens is 1. The van der Waals surface area contributed by atoms with Gasteiger partial charge in [-0.15, -0.1) is 0 Å². The molecule has 2 heterocycles. The van der Waals surface area contributed by atoms with E-state index in [0.29, 0.717) is 18.2 Å². The van der Waals surface area contributed by atoms with Crippen LogP contribution in [0, 0.1) is 5.92 Å². The summed E-state index contributed by atoms with van der Waals surface area (Å²) in [5, 5.41) is 3.10. The molecule has 5 heteroatoms. The zero-order valence-corrected chi connectivity index (χ0v) is 14.5. The van der Waals surface area contributed by atoms with E-state index in [2.05, 4.69) is 28.2 Å². The van der Waals surface area contributed by atoms with Gasteiger partial charge in [-0.3, -0.25) is 4.79 Å². The van der Waals surface area contributed by atoms with Crippen molar-refractivity contribution in [1.29, 1.82) is 0 Å². The fraction of sp³-hybridized carbons (Fsp3) is 0.667. The van der Waals surface area contributed by atoms with E-state index < -0.39 is 0 Å². The van der Waals surface area contributed by atoms with Crippen molar-refractivity contribution >= 4 is 11.7 Å². The quantitative estimate of drug-likeness (QED) is 0.746. The molecule has 5 nitrogen and oxygen atoms in total. The highest BCUT2D eigenvalue weighted by atomic mass is 16.2. The van der Waals surface area contributed by atoms with Crippen LogP contribution >= 0.6 is 0 Å². The number of amides is 1. The van der Waals surface area contributed by atoms with Crippen LogP contribution in [0.25, 0.3) is 0 Å². The number of carbonyl (C=O) groups excluding carboxylic acids is 1. The Morgan fingerprint density at radius 1 is 1.39 bits per heavy atom. The Bertz CT molecular complexity index is 457. The first-order chi connectivity index (χ1) is 11.2. The largest absolute Gasteiger partial charge is 0.357 e. The molecule has 0 unspecified atom stereocenters. The van der Waals surface area contributed by atoms with Gasteiger partial charge in [-0.05, 0) is 57.8 Å². The molecule has 1 aromatic rings. The van der Waals surface area contributed by atoms with Gasteiger partial charge >= 0.3 is 0 Å². The molecule has 0 saturated carbocycles. The fourth-order valence-corrected chi connectivity index (χ4v) is 3.18. The molecule has 0 atom stereocenters. The predicted molar refractivity (Wildman–Crippen MR) is 94.6 cm³/mol. The number of rotatable bonds is 8. The monoisotopic (exact) mass is 318 g/mol. The second-order valence-corrected chi connectivity index (χ2v) is 6.26. The summed E-state index contributed by atoms with van der Waals surface area (Å²) < 4.78 is 0. The molecule has 1 amide bonds. The Morgan fingerprint density at radius 3 is 2.78 bits per heavy atom. The van der Waals surface area contributed by atoms with Gasteiger partial charge in [0, 0.05) is 38.8 Å². The van der Waals surface area contributed by atoms with Crippen LogP contribution in [-0.2, 0) is 4.79 Å². The number of anilines is 1. The number of nitrogens with one attached hydrogen (secondary N) is 1. The number of pyridine rings is 1. The Balaban J connectivity index is 1.77. The summed E-state index contributed by atoms with van der Waals surface area (Å²) in [6.45, 7) is 6.79. The Hall–Kier alpha value is -1.62. The summed E-state index contributed by atoms with van der Waals surface area (Å²) in [4.78, 5) is 21.1. The number of carbonyl (C=O) groups is 1. The summed E-state index contributed by atoms with van der Waals surface area (Å²) in [6.07, 6.45) is 5.70. The van der Waals surface area contributed by atoms with Gasteiger partial charge in [0.25, 0.3) is 0 Å². The molecular weight excluding hydrogens is 288 g/mol. The van der Waals surface area contributed by atoms with Gasteiger partial charge < -0.3 is 15.1 Å². The molecule has 1 aromatic heterocycles. The van der Waals surface area contributed by atoms with E-state index in [1.165, 1.54) is 0 Å². The van der Waals surface area contributed by atoms with E-state index in [4.69, 9.17) is 0 Å². The van der Waals surface area contributed by atoms with E-state index in [-0.39, 0.29) is 0 Å². The molecule has 23 heavy (non-hydrogen) atoms. The van der Waals surface area contributed by atoms with Crippen LogP contribution in [0.4, 0.5) is 5.82 Å². The van der Waals surface area contributed by atoms with E-state index in [1.807, 2.05) is 30.3 Å². The number of nitrogens with zero attached hydrogens (tertiary/aromatic N) is 3. The lowest BCUT2D eigenvalue weighted by atomic mass is 9.96. The number of piperidine rings is 1. The van der Waals surface area contributed by atoms with E-state index >= 15 is 0 Å². The molecule has 1 fully saturated rings. The fourth-order valence-electron chi connectivity index (χ4n) is 3.18. The van der Waals surface area contributed by atoms with Crippen molar-refractivity contribution in [2.24, 2.45) is 5.92 Å². The van der Waals surface area contributed by atoms with Gasteiger partial charge in [-0.1, -0.05) is 6.07 Å². The topological polar surface area (TPSA) is 48.5 Å². The van der Waals surface area contributed by atoms with Crippen LogP contribution in [0.1, 0.15) is 32.6 Å². The molecule has 0 bridgehead atoms. The third kappa shape index (κ3) is 5.50. The van der Waals surface area contributed by atoms with Gasteiger partial charge in [-0.2, -0.15) is 0 Å². The van der Waals surface area contributed by atoms with Crippen LogP contribution < -0.4 is 10.2 Å². The average molecular weight is 318 g/mol. The van der Waals surface area contributed by atoms with Crippen molar-refractivity contribution in [1.82, 2.24) is 15.2 Å². The van der Waals surface area contributed by atoms with Crippen LogP contribution in [0.2, 0.25) is 0 Å². The summed E-state index contributed by atoms with van der Waals surface area (Å²) in [6, 6.07) is 6.07. The van der Waals surface area contributed by atoms with Gasteiger partial charge in [-0.25, -0.2) is 4.98 Å². The molecule has 1 aliphatic heterocycles. The minimum atomic E-state index is 0.301. The molecular formula is C18H30N4O. The first kappa shape index (κ1) is 17.7. The van der Waals surface area contributed by atoms with E-state index in [9.17, 15) is 4.79 Å². The lowest BCUT2D eigenvalue weighted by Gasteiger charge is -2.35. The number of hydrogen-bond acceptors (Lipinski definition) is 4. The molecule has 0 aliphatic carbocycles. The maximum atomic E-state index is 12.3. The van der Waals surface area contributed by atoms with Crippen LogP contribution in [0.5, 0.6) is 0 Å². The standard InChI is InChI=1S/C18H30N4O/c1-3-21(18(23)8-6-11-19-2)15-16-9-13-22(14-10-16)17-7-4-5-12-20-17/h4-5,7,12,16,19H,3,6,8-11,13-15H2,1-2H3. The summed E-state index contributed by atoms with van der Waals surface area (Å²) in [5.41, 5.74) is 0. The summed E-state index contributed by atoms with van der Waals surface area (Å²) >= 11 is 0. The highest BCUT2D eigenvalue weighted by Crippen LogP contribution is 2.22. The molecule has 1 saturated heterocycles. The molecule has 1 N–H and O–H groups in total. The molecule has 1 aliphatic rings. The molecule has 128 valence electrons. The lowest BCUT2D eigenvalue weighted by Crippen LogP contribution is -2.41. The number of hydrogen-bond donors (Lipinski definition) is 1. The maximum Gasteiger partial charge on any atom is 0.222 e. The third-order valence-corrected chi connectivity index (χ3v) is 4.62. The first-order valence-corrected chi connectivity index (χ1v) is 8.83. The second-order valence-electron chi connectivity index (χ2n) is 6.26. The van der Waals surface area contributed by atoms with Gasteiger partial charge in [0.1, 0.15) is 5.82 Å². The summed E-state index contributed by atoms with van der Waals surface area (Å²) in [7, 11) is 1.93. The zero-order valence-electron chi connectivity index (χ0n) is 14.5. The normalized spacial score (nSPS) is 15.7. The van der Waals surface area contributed by atoms with Gasteiger partial charge in [0.15, 0.2) is 0 Å². The average Bonchev–Trinajstić information content (AvgIpc) is 2.61. The predicted octanol–water partition coefficient (Wildman–Crippen LogP) is 2.15. The molecule has 0 aromatic carbocycles. The first-order valence-electron chi connectivity index (χ1n) is 8.83. The van der Waals surface area contributed by atoms with Crippen molar-refractivity contribution in [3.05, 3.63) is 24.4 Å². The maximum absolute atomic E-state index is 12.3. The molecule has 0 spiro atoms. The minimum absolute atomic E-state index is 0.301. The van der Waals surface area contributed by atoms with Crippen molar-refractivity contribution in [3.63, 3.8) is 0 Å². The Morgan fingerprint density at radius 2 is 2.17 bits per heavy atom. The lowest BCUT2D eigenvalue weighted by molar-refractivity contribution is -0.131. The van der Waals surface area contributed by atoms with Gasteiger partial charge in [0.05, 0.1) is 0 Å². The third-order valence-electron chi connectivity index (χ3n) is 4.62. The zero-order chi connectivity index (χ0) is 16.5. The van der Waals surface area contributed by atoms with Crippen LogP contribution in [-0.4, -0.2) is 55.6 Å². The SMILES string of the molecule is CCN(CC1CCN(c2ccccn2)CC1)C(=O)CCCNC. The van der Waals surface area contributed by atoms with Crippen LogP contribution in [0.15, 0.2) is 24.4 Å². The Kier molecular flexibility index (Phi) is 7.33. The van der Waals surface area contributed by atoms with E-state index in [0.717, 1.165) is 57.8 Å². The summed E-state index contributed by atoms with van der Waals surface area (Å²) in [5.74, 6) is 1.99. The van der Waals surface area contributed by atoms with Crippen molar-refractivity contribution in [2.45, 2.75) is 32.6 Å². The molecule has 2 rings (SSSR count). The Labute approximate surface area is 140 Å². The van der Waals surface area contributed by atoms with Crippen molar-refractivity contribution in [2.75, 3.05) is 44.7 Å². The second kappa shape index (κ2) is 9.50. The molecule has 0 radical (unpaired) electrons. The highest BCUT2D eigenvalue weighted by molar-refractivity contribution is 5.76. The smallest absolute Gasteiger partial charge is 0.222 e. The van der Waals surface area contributed by atoms with E-state index in [1.54, 1.807) is 0 Å². The minimum Gasteiger partial charge on any atom is -0.357 e. The van der Waals surface area contributed by atoms with Crippen molar-refractivity contribution in [3.8, 4) is 0 Å². The highest BCUT2D eigenvalue weighted by Gasteiger charge is 2.23. The van der Waals surface area contributed by atoms with Gasteiger partial charge in [0.2, 0.25) is 5.91 Å². The van der Waals surface area contributed by atoms with Crippen molar-refractivity contribution < 1.29 is 4.79 Å².